The first-order valence-corrected chi connectivity index (χ1v) is 7.92. The second kappa shape index (κ2) is 7.16. The first kappa shape index (κ1) is 19.2. The molecule has 128 valence electrons. The van der Waals surface area contributed by atoms with Gasteiger partial charge in [0, 0.05) is 5.41 Å². The molecule has 0 heterocycles. The Balaban J connectivity index is 2.87. The quantitative estimate of drug-likeness (QED) is 0.905. The summed E-state index contributed by atoms with van der Waals surface area (Å²) in [5, 5.41) is 2.92. The molecule has 0 aromatic heterocycles. The molecule has 4 heteroatoms. The molecule has 0 bridgehead atoms. The maximum atomic E-state index is 12.7. The van der Waals surface area contributed by atoms with Crippen molar-refractivity contribution in [3.8, 4) is 5.75 Å². The minimum Gasteiger partial charge on any atom is -0.497 e. The predicted molar refractivity (Wildman–Crippen MR) is 92.5 cm³/mol. The van der Waals surface area contributed by atoms with Gasteiger partial charge in [0.15, 0.2) is 5.78 Å². The average molecular weight is 319 g/mol. The van der Waals surface area contributed by atoms with Gasteiger partial charge in [-0.05, 0) is 23.1 Å². The summed E-state index contributed by atoms with van der Waals surface area (Å²) >= 11 is 0. The summed E-state index contributed by atoms with van der Waals surface area (Å²) < 4.78 is 5.17. The van der Waals surface area contributed by atoms with Crippen LogP contribution >= 0.6 is 0 Å². The van der Waals surface area contributed by atoms with Crippen molar-refractivity contribution in [2.45, 2.75) is 54.0 Å². The number of hydrogen-bond acceptors (Lipinski definition) is 3. The third kappa shape index (κ3) is 5.70. The number of hydrogen-bond donors (Lipinski definition) is 1. The van der Waals surface area contributed by atoms with Crippen molar-refractivity contribution in [3.05, 3.63) is 29.8 Å². The molecule has 23 heavy (non-hydrogen) atoms. The Morgan fingerprint density at radius 1 is 1.13 bits per heavy atom. The largest absolute Gasteiger partial charge is 0.497 e. The fourth-order valence-corrected chi connectivity index (χ4v) is 2.29. The molecule has 1 unspecified atom stereocenters. The molecule has 0 fully saturated rings. The highest BCUT2D eigenvalue weighted by molar-refractivity contribution is 5.93. The van der Waals surface area contributed by atoms with Crippen LogP contribution in [0.3, 0.4) is 0 Å². The highest BCUT2D eigenvalue weighted by Crippen LogP contribution is 2.27. The summed E-state index contributed by atoms with van der Waals surface area (Å²) in [6.07, 6.45) is 0.223. The molecule has 1 aromatic carbocycles. The number of Topliss-reactive ketones (excluding diaryl/α,β-unsaturated/α-hetero) is 1. The van der Waals surface area contributed by atoms with E-state index in [-0.39, 0.29) is 23.5 Å². The number of nitrogens with one attached hydrogen (secondary N) is 1. The van der Waals surface area contributed by atoms with Crippen LogP contribution in [0.25, 0.3) is 0 Å². The van der Waals surface area contributed by atoms with E-state index in [0.717, 1.165) is 5.56 Å². The van der Waals surface area contributed by atoms with Crippen molar-refractivity contribution in [3.63, 3.8) is 0 Å². The van der Waals surface area contributed by atoms with Gasteiger partial charge in [-0.1, -0.05) is 53.7 Å². The van der Waals surface area contributed by atoms with Gasteiger partial charge in [-0.25, -0.2) is 0 Å². The van der Waals surface area contributed by atoms with Crippen LogP contribution in [0.2, 0.25) is 0 Å². The summed E-state index contributed by atoms with van der Waals surface area (Å²) in [4.78, 5) is 25.1. The van der Waals surface area contributed by atoms with Crippen molar-refractivity contribution < 1.29 is 14.3 Å². The van der Waals surface area contributed by atoms with E-state index >= 15 is 0 Å². The van der Waals surface area contributed by atoms with Gasteiger partial charge in [-0.15, -0.1) is 0 Å². The molecule has 0 saturated carbocycles. The summed E-state index contributed by atoms with van der Waals surface area (Å²) in [6.45, 7) is 11.5. The van der Waals surface area contributed by atoms with Crippen LogP contribution in [-0.2, 0) is 16.0 Å². The maximum absolute atomic E-state index is 12.7. The maximum Gasteiger partial charge on any atom is 0.225 e. The topological polar surface area (TPSA) is 55.4 Å². The molecule has 1 N–H and O–H groups in total. The lowest BCUT2D eigenvalue weighted by Gasteiger charge is -2.34. The fourth-order valence-electron chi connectivity index (χ4n) is 2.29. The predicted octanol–water partition coefficient (Wildman–Crippen LogP) is 3.38. The minimum atomic E-state index is -0.513. The molecule has 1 aromatic rings. The Bertz CT molecular complexity index is 565. The zero-order valence-electron chi connectivity index (χ0n) is 15.3. The van der Waals surface area contributed by atoms with Gasteiger partial charge in [0.2, 0.25) is 5.91 Å². The van der Waals surface area contributed by atoms with E-state index < -0.39 is 11.5 Å². The van der Waals surface area contributed by atoms with Crippen LogP contribution in [0.15, 0.2) is 24.3 Å². The van der Waals surface area contributed by atoms with Crippen LogP contribution in [0.1, 0.15) is 47.1 Å². The molecule has 0 aliphatic rings. The van der Waals surface area contributed by atoms with E-state index in [9.17, 15) is 9.59 Å². The van der Waals surface area contributed by atoms with Crippen LogP contribution in [0, 0.1) is 10.8 Å². The second-order valence-corrected chi connectivity index (χ2v) is 8.01. The van der Waals surface area contributed by atoms with Gasteiger partial charge in [0.1, 0.15) is 5.75 Å². The SMILES string of the molecule is COc1cccc(CC(=O)NC(C(=O)C(C)(C)C)C(C)(C)C)c1. The summed E-state index contributed by atoms with van der Waals surface area (Å²) in [7, 11) is 1.59. The average Bonchev–Trinajstić information content (AvgIpc) is 2.42. The van der Waals surface area contributed by atoms with Crippen molar-refractivity contribution in [2.75, 3.05) is 7.11 Å². The highest BCUT2D eigenvalue weighted by atomic mass is 16.5. The number of ether oxygens (including phenoxy) is 1. The molecular formula is C19H29NO3. The number of ketones is 1. The number of methoxy groups -OCH3 is 1. The van der Waals surface area contributed by atoms with Gasteiger partial charge in [0.05, 0.1) is 19.6 Å². The molecule has 0 aliphatic heterocycles. The Morgan fingerprint density at radius 3 is 2.22 bits per heavy atom. The third-order valence-corrected chi connectivity index (χ3v) is 3.67. The van der Waals surface area contributed by atoms with Gasteiger partial charge < -0.3 is 10.1 Å². The zero-order chi connectivity index (χ0) is 17.8. The first-order chi connectivity index (χ1) is 10.4. The van der Waals surface area contributed by atoms with Crippen molar-refractivity contribution >= 4 is 11.7 Å². The Hall–Kier alpha value is -1.84. The normalized spacial score (nSPS) is 13.3. The van der Waals surface area contributed by atoms with E-state index in [1.54, 1.807) is 7.11 Å². The van der Waals surface area contributed by atoms with Gasteiger partial charge in [-0.2, -0.15) is 0 Å². The summed E-state index contributed by atoms with van der Waals surface area (Å²) in [5.74, 6) is 0.605. The lowest BCUT2D eigenvalue weighted by atomic mass is 9.75. The molecule has 1 amide bonds. The molecule has 0 spiro atoms. The number of carbonyl (C=O) groups is 2. The second-order valence-electron chi connectivity index (χ2n) is 8.01. The van der Waals surface area contributed by atoms with Crippen LogP contribution in [0.5, 0.6) is 5.75 Å². The number of benzene rings is 1. The van der Waals surface area contributed by atoms with E-state index in [4.69, 9.17) is 4.74 Å². The summed E-state index contributed by atoms with van der Waals surface area (Å²) in [6, 6.07) is 6.88. The van der Waals surface area contributed by atoms with E-state index in [1.165, 1.54) is 0 Å². The Labute approximate surface area is 139 Å². The van der Waals surface area contributed by atoms with Gasteiger partial charge >= 0.3 is 0 Å². The molecule has 0 aliphatic carbocycles. The van der Waals surface area contributed by atoms with Crippen molar-refractivity contribution in [1.29, 1.82) is 0 Å². The van der Waals surface area contributed by atoms with Crippen LogP contribution < -0.4 is 10.1 Å². The van der Waals surface area contributed by atoms with Crippen LogP contribution in [-0.4, -0.2) is 24.8 Å². The van der Waals surface area contributed by atoms with Gasteiger partial charge in [-0.3, -0.25) is 9.59 Å². The number of amides is 1. The van der Waals surface area contributed by atoms with E-state index in [1.807, 2.05) is 65.8 Å². The molecular weight excluding hydrogens is 290 g/mol. The molecule has 4 nitrogen and oxygen atoms in total. The lowest BCUT2D eigenvalue weighted by Crippen LogP contribution is -2.53. The summed E-state index contributed by atoms with van der Waals surface area (Å²) in [5.41, 5.74) is 0.0213. The lowest BCUT2D eigenvalue weighted by molar-refractivity contribution is -0.135. The first-order valence-electron chi connectivity index (χ1n) is 7.92. The van der Waals surface area contributed by atoms with Gasteiger partial charge in [0.25, 0.3) is 0 Å². The Kier molecular flexibility index (Phi) is 5.98. The molecule has 0 radical (unpaired) electrons. The minimum absolute atomic E-state index is 0.0454. The van der Waals surface area contributed by atoms with Crippen molar-refractivity contribution in [1.82, 2.24) is 5.32 Å². The number of rotatable bonds is 5. The smallest absolute Gasteiger partial charge is 0.225 e. The van der Waals surface area contributed by atoms with E-state index in [2.05, 4.69) is 5.32 Å². The standard InChI is InChI=1S/C19H29NO3/c1-18(2,3)16(17(22)19(4,5)6)20-15(21)12-13-9-8-10-14(11-13)23-7/h8-11,16H,12H2,1-7H3,(H,20,21). The molecule has 1 atom stereocenters. The fraction of sp³-hybridized carbons (Fsp3) is 0.579. The van der Waals surface area contributed by atoms with E-state index in [0.29, 0.717) is 5.75 Å². The highest BCUT2D eigenvalue weighted by Gasteiger charge is 2.38. The zero-order valence-corrected chi connectivity index (χ0v) is 15.3. The van der Waals surface area contributed by atoms with Crippen molar-refractivity contribution in [2.24, 2.45) is 10.8 Å². The monoisotopic (exact) mass is 319 g/mol. The third-order valence-electron chi connectivity index (χ3n) is 3.67. The Morgan fingerprint density at radius 2 is 1.74 bits per heavy atom. The molecule has 0 saturated heterocycles. The molecule has 1 rings (SSSR count). The van der Waals surface area contributed by atoms with Crippen LogP contribution in [0.4, 0.5) is 0 Å². The number of carbonyl (C=O) groups excluding carboxylic acids is 2.